The third-order valence-electron chi connectivity index (χ3n) is 3.83. The molecule has 2 saturated heterocycles. The zero-order valence-electron chi connectivity index (χ0n) is 10.4. The fourth-order valence-corrected chi connectivity index (χ4v) is 2.54. The summed E-state index contributed by atoms with van der Waals surface area (Å²) in [6.45, 7) is 13.6. The van der Waals surface area contributed by atoms with Gasteiger partial charge in [0.25, 0.3) is 0 Å². The van der Waals surface area contributed by atoms with Gasteiger partial charge in [0.05, 0.1) is 0 Å². The molecule has 2 aliphatic rings. The van der Waals surface area contributed by atoms with E-state index in [4.69, 9.17) is 0 Å². The van der Waals surface area contributed by atoms with Gasteiger partial charge in [-0.05, 0) is 26.8 Å². The Hall–Kier alpha value is -0.120. The van der Waals surface area contributed by atoms with Crippen LogP contribution in [0.25, 0.3) is 0 Å². The molecular weight excluding hydrogens is 186 g/mol. The third-order valence-corrected chi connectivity index (χ3v) is 3.83. The molecule has 0 atom stereocenters. The van der Waals surface area contributed by atoms with Crippen LogP contribution in [-0.2, 0) is 0 Å². The maximum absolute atomic E-state index is 2.64. The van der Waals surface area contributed by atoms with Gasteiger partial charge in [-0.2, -0.15) is 0 Å². The van der Waals surface area contributed by atoms with E-state index in [1.807, 2.05) is 0 Å². The van der Waals surface area contributed by atoms with Crippen molar-refractivity contribution >= 4 is 0 Å². The van der Waals surface area contributed by atoms with Crippen molar-refractivity contribution in [3.8, 4) is 0 Å². The fourth-order valence-electron chi connectivity index (χ4n) is 2.54. The van der Waals surface area contributed by atoms with Crippen LogP contribution in [0.2, 0.25) is 0 Å². The van der Waals surface area contributed by atoms with Crippen LogP contribution in [0.3, 0.4) is 0 Å². The first-order chi connectivity index (χ1) is 7.15. The highest BCUT2D eigenvalue weighted by Gasteiger charge is 2.30. The lowest BCUT2D eigenvalue weighted by atomic mass is 9.97. The minimum Gasteiger partial charge on any atom is -0.304 e. The minimum absolute atomic E-state index is 0.744. The van der Waals surface area contributed by atoms with Crippen molar-refractivity contribution in [2.75, 3.05) is 52.9 Å². The van der Waals surface area contributed by atoms with Crippen LogP contribution in [0.15, 0.2) is 0 Å². The number of likely N-dealkylation sites (tertiary alicyclic amines) is 1. The first kappa shape index (κ1) is 11.4. The lowest BCUT2D eigenvalue weighted by Gasteiger charge is -2.45. The molecule has 0 N–H and O–H groups in total. The van der Waals surface area contributed by atoms with Gasteiger partial charge >= 0.3 is 0 Å². The average molecular weight is 211 g/mol. The number of hydrogen-bond donors (Lipinski definition) is 0. The molecule has 88 valence electrons. The SMILES string of the molecule is CC(C)N1CC(CN2CCN(C)CC2)C1. The van der Waals surface area contributed by atoms with Gasteiger partial charge in [0.15, 0.2) is 0 Å². The topological polar surface area (TPSA) is 9.72 Å². The van der Waals surface area contributed by atoms with Crippen LogP contribution in [0.5, 0.6) is 0 Å². The van der Waals surface area contributed by atoms with Crippen molar-refractivity contribution in [1.29, 1.82) is 0 Å². The van der Waals surface area contributed by atoms with Gasteiger partial charge in [-0.15, -0.1) is 0 Å². The standard InChI is InChI=1S/C12H25N3/c1-11(2)15-9-12(10-15)8-14-6-4-13(3)5-7-14/h11-12H,4-10H2,1-3H3. The maximum atomic E-state index is 2.64. The molecule has 2 heterocycles. The number of likely N-dealkylation sites (N-methyl/N-ethyl adjacent to an activating group) is 1. The number of hydrogen-bond acceptors (Lipinski definition) is 3. The van der Waals surface area contributed by atoms with Gasteiger partial charge in [0, 0.05) is 51.9 Å². The van der Waals surface area contributed by atoms with E-state index >= 15 is 0 Å². The second-order valence-corrected chi connectivity index (χ2v) is 5.52. The van der Waals surface area contributed by atoms with E-state index in [1.54, 1.807) is 0 Å². The van der Waals surface area contributed by atoms with Gasteiger partial charge in [0.2, 0.25) is 0 Å². The summed E-state index contributed by atoms with van der Waals surface area (Å²) in [4.78, 5) is 7.64. The molecule has 0 aromatic heterocycles. The highest BCUT2D eigenvalue weighted by atomic mass is 15.3. The van der Waals surface area contributed by atoms with Gasteiger partial charge in [-0.3, -0.25) is 0 Å². The van der Waals surface area contributed by atoms with Crippen LogP contribution >= 0.6 is 0 Å². The molecule has 2 aliphatic heterocycles. The summed E-state index contributed by atoms with van der Waals surface area (Å²) in [5, 5.41) is 0. The highest BCUT2D eigenvalue weighted by molar-refractivity contribution is 4.85. The number of piperazine rings is 1. The third kappa shape index (κ3) is 2.92. The molecule has 0 amide bonds. The van der Waals surface area contributed by atoms with Crippen LogP contribution in [0.4, 0.5) is 0 Å². The first-order valence-electron chi connectivity index (χ1n) is 6.30. The molecule has 0 aromatic carbocycles. The van der Waals surface area contributed by atoms with E-state index in [0.29, 0.717) is 0 Å². The summed E-state index contributed by atoms with van der Waals surface area (Å²) in [5.74, 6) is 0.941. The maximum Gasteiger partial charge on any atom is 0.0110 e. The monoisotopic (exact) mass is 211 g/mol. The zero-order valence-corrected chi connectivity index (χ0v) is 10.4. The summed E-state index contributed by atoms with van der Waals surface area (Å²) in [5.41, 5.74) is 0. The zero-order chi connectivity index (χ0) is 10.8. The van der Waals surface area contributed by atoms with Gasteiger partial charge < -0.3 is 14.7 Å². The van der Waals surface area contributed by atoms with Crippen molar-refractivity contribution in [1.82, 2.24) is 14.7 Å². The Labute approximate surface area is 94.0 Å². The van der Waals surface area contributed by atoms with Crippen molar-refractivity contribution < 1.29 is 0 Å². The van der Waals surface area contributed by atoms with Crippen LogP contribution in [-0.4, -0.2) is 73.6 Å². The summed E-state index contributed by atoms with van der Waals surface area (Å²) in [7, 11) is 2.22. The van der Waals surface area contributed by atoms with E-state index in [2.05, 4.69) is 35.6 Å². The number of rotatable bonds is 3. The number of nitrogens with zero attached hydrogens (tertiary/aromatic N) is 3. The lowest BCUT2D eigenvalue weighted by molar-refractivity contribution is 0.0311. The summed E-state index contributed by atoms with van der Waals surface area (Å²) < 4.78 is 0. The molecule has 0 aromatic rings. The molecular formula is C12H25N3. The average Bonchev–Trinajstić information content (AvgIpc) is 2.13. The molecule has 2 fully saturated rings. The fraction of sp³-hybridized carbons (Fsp3) is 1.00. The van der Waals surface area contributed by atoms with Crippen LogP contribution < -0.4 is 0 Å². The largest absolute Gasteiger partial charge is 0.304 e. The Morgan fingerprint density at radius 2 is 1.67 bits per heavy atom. The highest BCUT2D eigenvalue weighted by Crippen LogP contribution is 2.19. The Bertz CT molecular complexity index is 191. The van der Waals surface area contributed by atoms with E-state index in [-0.39, 0.29) is 0 Å². The summed E-state index contributed by atoms with van der Waals surface area (Å²) >= 11 is 0. The summed E-state index contributed by atoms with van der Waals surface area (Å²) in [6, 6.07) is 0.744. The smallest absolute Gasteiger partial charge is 0.0110 e. The van der Waals surface area contributed by atoms with E-state index in [9.17, 15) is 0 Å². The first-order valence-corrected chi connectivity index (χ1v) is 6.30. The molecule has 3 heteroatoms. The molecule has 0 spiro atoms. The molecule has 0 radical (unpaired) electrons. The molecule has 2 rings (SSSR count). The van der Waals surface area contributed by atoms with E-state index < -0.39 is 0 Å². The van der Waals surface area contributed by atoms with Crippen molar-refractivity contribution in [2.24, 2.45) is 5.92 Å². The Morgan fingerprint density at radius 3 is 2.20 bits per heavy atom. The molecule has 15 heavy (non-hydrogen) atoms. The quantitative estimate of drug-likeness (QED) is 0.676. The Morgan fingerprint density at radius 1 is 1.07 bits per heavy atom. The normalized spacial score (nSPS) is 27.2. The van der Waals surface area contributed by atoms with Gasteiger partial charge in [-0.25, -0.2) is 0 Å². The van der Waals surface area contributed by atoms with Crippen LogP contribution in [0.1, 0.15) is 13.8 Å². The van der Waals surface area contributed by atoms with Crippen molar-refractivity contribution in [3.05, 3.63) is 0 Å². The minimum atomic E-state index is 0.744. The van der Waals surface area contributed by atoms with E-state index in [1.165, 1.54) is 45.8 Å². The summed E-state index contributed by atoms with van der Waals surface area (Å²) in [6.07, 6.45) is 0. The predicted octanol–water partition coefficient (Wildman–Crippen LogP) is 0.574. The second-order valence-electron chi connectivity index (χ2n) is 5.52. The Balaban J connectivity index is 1.63. The molecule has 0 unspecified atom stereocenters. The Kier molecular flexibility index (Phi) is 3.65. The molecule has 0 bridgehead atoms. The second kappa shape index (κ2) is 4.81. The predicted molar refractivity (Wildman–Crippen MR) is 64.1 cm³/mol. The van der Waals surface area contributed by atoms with Crippen LogP contribution in [0, 0.1) is 5.92 Å². The molecule has 0 aliphatic carbocycles. The van der Waals surface area contributed by atoms with Crippen molar-refractivity contribution in [3.63, 3.8) is 0 Å². The lowest BCUT2D eigenvalue weighted by Crippen LogP contribution is -2.56. The van der Waals surface area contributed by atoms with Gasteiger partial charge in [-0.1, -0.05) is 0 Å². The van der Waals surface area contributed by atoms with Gasteiger partial charge in [0.1, 0.15) is 0 Å². The molecule has 3 nitrogen and oxygen atoms in total. The van der Waals surface area contributed by atoms with E-state index in [0.717, 1.165) is 12.0 Å². The molecule has 0 saturated carbocycles. The van der Waals surface area contributed by atoms with Crippen molar-refractivity contribution in [2.45, 2.75) is 19.9 Å².